The van der Waals surface area contributed by atoms with Gasteiger partial charge in [0.25, 0.3) is 5.91 Å². The fraction of sp³-hybridized carbons (Fsp3) is 0.118. The third-order valence-electron chi connectivity index (χ3n) is 3.76. The van der Waals surface area contributed by atoms with Crippen LogP contribution in [0.25, 0.3) is 10.9 Å². The summed E-state index contributed by atoms with van der Waals surface area (Å²) >= 11 is 12.1. The van der Waals surface area contributed by atoms with Gasteiger partial charge in [-0.25, -0.2) is 0 Å². The number of aryl methyl sites for hydroxylation is 1. The van der Waals surface area contributed by atoms with Crippen LogP contribution >= 0.6 is 23.2 Å². The van der Waals surface area contributed by atoms with Gasteiger partial charge in [-0.05, 0) is 42.8 Å². The van der Waals surface area contributed by atoms with Crippen molar-refractivity contribution in [1.29, 1.82) is 0 Å². The van der Waals surface area contributed by atoms with Crippen molar-refractivity contribution in [2.45, 2.75) is 6.92 Å². The molecule has 22 heavy (non-hydrogen) atoms. The summed E-state index contributed by atoms with van der Waals surface area (Å²) in [5.74, 6) is -0.180. The van der Waals surface area contributed by atoms with Crippen molar-refractivity contribution in [1.82, 2.24) is 4.57 Å². The quantitative estimate of drug-likeness (QED) is 0.700. The summed E-state index contributed by atoms with van der Waals surface area (Å²) < 4.78 is 1.83. The lowest BCUT2D eigenvalue weighted by molar-refractivity contribution is 0.101. The fourth-order valence-corrected chi connectivity index (χ4v) is 2.79. The number of rotatable bonds is 2. The lowest BCUT2D eigenvalue weighted by atomic mass is 10.2. The maximum absolute atomic E-state index is 12.5. The molecule has 1 N–H and O–H groups in total. The summed E-state index contributed by atoms with van der Waals surface area (Å²) in [6, 6.07) is 12.8. The average molecular weight is 333 g/mol. The molecule has 0 atom stereocenters. The molecule has 0 fully saturated rings. The topological polar surface area (TPSA) is 34.0 Å². The highest BCUT2D eigenvalue weighted by atomic mass is 35.5. The summed E-state index contributed by atoms with van der Waals surface area (Å²) in [6.45, 7) is 1.87. The van der Waals surface area contributed by atoms with Gasteiger partial charge in [0.05, 0.1) is 0 Å². The standard InChI is InChI=1S/C17H14Cl2N2O/c1-10-13(19)4-3-5-14(10)20-17(22)16-8-11-6-7-12(18)9-15(11)21(16)2/h3-9H,1-2H3,(H,20,22). The Labute approximate surface area is 138 Å². The van der Waals surface area contributed by atoms with Crippen molar-refractivity contribution >= 4 is 45.7 Å². The number of fused-ring (bicyclic) bond motifs is 1. The molecule has 1 amide bonds. The number of nitrogens with one attached hydrogen (secondary N) is 1. The highest BCUT2D eigenvalue weighted by molar-refractivity contribution is 6.32. The van der Waals surface area contributed by atoms with E-state index in [0.717, 1.165) is 16.5 Å². The molecule has 0 saturated carbocycles. The van der Waals surface area contributed by atoms with Gasteiger partial charge in [-0.2, -0.15) is 0 Å². The molecule has 0 aliphatic carbocycles. The van der Waals surface area contributed by atoms with Gasteiger partial charge in [-0.15, -0.1) is 0 Å². The molecular weight excluding hydrogens is 319 g/mol. The van der Waals surface area contributed by atoms with Crippen molar-refractivity contribution in [3.63, 3.8) is 0 Å². The number of hydrogen-bond acceptors (Lipinski definition) is 1. The molecule has 5 heteroatoms. The first kappa shape index (κ1) is 14.9. The number of carbonyl (C=O) groups excluding carboxylic acids is 1. The van der Waals surface area contributed by atoms with Crippen LogP contribution in [0.1, 0.15) is 16.1 Å². The predicted molar refractivity (Wildman–Crippen MR) is 92.1 cm³/mol. The molecule has 1 heterocycles. The number of hydrogen-bond donors (Lipinski definition) is 1. The molecule has 3 aromatic rings. The van der Waals surface area contributed by atoms with Crippen LogP contribution in [0, 0.1) is 6.92 Å². The van der Waals surface area contributed by atoms with Crippen molar-refractivity contribution in [3.05, 3.63) is 63.8 Å². The first-order chi connectivity index (χ1) is 10.5. The molecule has 3 rings (SSSR count). The minimum atomic E-state index is -0.180. The molecule has 0 aliphatic rings. The Morgan fingerprint density at radius 2 is 1.91 bits per heavy atom. The Bertz CT molecular complexity index is 884. The minimum Gasteiger partial charge on any atom is -0.340 e. The van der Waals surface area contributed by atoms with Gasteiger partial charge in [-0.3, -0.25) is 4.79 Å². The highest BCUT2D eigenvalue weighted by Gasteiger charge is 2.15. The van der Waals surface area contributed by atoms with Gasteiger partial charge in [0.1, 0.15) is 5.69 Å². The normalized spacial score (nSPS) is 10.9. The van der Waals surface area contributed by atoms with Gasteiger partial charge in [-0.1, -0.05) is 35.3 Å². The SMILES string of the molecule is Cc1c(Cl)cccc1NC(=O)c1cc2ccc(Cl)cc2n1C. The zero-order chi connectivity index (χ0) is 15.9. The third kappa shape index (κ3) is 2.58. The number of anilines is 1. The molecule has 1 aromatic heterocycles. The van der Waals surface area contributed by atoms with Crippen molar-refractivity contribution < 1.29 is 4.79 Å². The molecular formula is C17H14Cl2N2O. The maximum atomic E-state index is 12.5. The van der Waals surface area contributed by atoms with Crippen LogP contribution in [-0.2, 0) is 7.05 Å². The monoisotopic (exact) mass is 332 g/mol. The van der Waals surface area contributed by atoms with E-state index < -0.39 is 0 Å². The molecule has 0 saturated heterocycles. The van der Waals surface area contributed by atoms with Crippen molar-refractivity contribution in [2.75, 3.05) is 5.32 Å². The van der Waals surface area contributed by atoms with Gasteiger partial charge in [0, 0.05) is 33.7 Å². The van der Waals surface area contributed by atoms with E-state index in [4.69, 9.17) is 23.2 Å². The smallest absolute Gasteiger partial charge is 0.272 e. The van der Waals surface area contributed by atoms with Crippen molar-refractivity contribution in [3.8, 4) is 0 Å². The summed E-state index contributed by atoms with van der Waals surface area (Å²) in [4.78, 5) is 12.5. The number of aromatic nitrogens is 1. The van der Waals surface area contributed by atoms with Crippen LogP contribution < -0.4 is 5.32 Å². The highest BCUT2D eigenvalue weighted by Crippen LogP contribution is 2.26. The van der Waals surface area contributed by atoms with Crippen LogP contribution in [0.3, 0.4) is 0 Å². The lowest BCUT2D eigenvalue weighted by Crippen LogP contribution is -2.16. The van der Waals surface area contributed by atoms with Gasteiger partial charge in [0.15, 0.2) is 0 Å². The van der Waals surface area contributed by atoms with E-state index in [2.05, 4.69) is 5.32 Å². The van der Waals surface area contributed by atoms with E-state index >= 15 is 0 Å². The number of nitrogens with zero attached hydrogens (tertiary/aromatic N) is 1. The second-order valence-corrected chi connectivity index (χ2v) is 6.00. The number of carbonyl (C=O) groups is 1. The van der Waals surface area contributed by atoms with Gasteiger partial charge >= 0.3 is 0 Å². The summed E-state index contributed by atoms with van der Waals surface area (Å²) in [6.07, 6.45) is 0. The first-order valence-corrected chi connectivity index (χ1v) is 7.54. The van der Waals surface area contributed by atoms with E-state index in [1.54, 1.807) is 6.07 Å². The Morgan fingerprint density at radius 1 is 1.14 bits per heavy atom. The number of amides is 1. The van der Waals surface area contributed by atoms with E-state index in [0.29, 0.717) is 21.4 Å². The fourth-order valence-electron chi connectivity index (χ4n) is 2.45. The number of halogens is 2. The first-order valence-electron chi connectivity index (χ1n) is 6.79. The molecule has 2 aromatic carbocycles. The van der Waals surface area contributed by atoms with E-state index in [1.165, 1.54) is 0 Å². The van der Waals surface area contributed by atoms with Crippen LogP contribution in [0.4, 0.5) is 5.69 Å². The molecule has 0 unspecified atom stereocenters. The van der Waals surface area contributed by atoms with Gasteiger partial charge in [0.2, 0.25) is 0 Å². The molecule has 112 valence electrons. The summed E-state index contributed by atoms with van der Waals surface area (Å²) in [5.41, 5.74) is 3.04. The van der Waals surface area contributed by atoms with Crippen LogP contribution in [0.5, 0.6) is 0 Å². The Hall–Kier alpha value is -1.97. The largest absolute Gasteiger partial charge is 0.340 e. The Kier molecular flexibility index (Phi) is 3.85. The maximum Gasteiger partial charge on any atom is 0.272 e. The second kappa shape index (κ2) is 5.67. The van der Waals surface area contributed by atoms with Crippen LogP contribution in [0.2, 0.25) is 10.0 Å². The Morgan fingerprint density at radius 3 is 2.68 bits per heavy atom. The van der Waals surface area contributed by atoms with Crippen molar-refractivity contribution in [2.24, 2.45) is 7.05 Å². The van der Waals surface area contributed by atoms with E-state index in [1.807, 2.05) is 54.9 Å². The van der Waals surface area contributed by atoms with Gasteiger partial charge < -0.3 is 9.88 Å². The van der Waals surface area contributed by atoms with E-state index in [9.17, 15) is 4.79 Å². The zero-order valence-electron chi connectivity index (χ0n) is 12.2. The van der Waals surface area contributed by atoms with Crippen LogP contribution in [-0.4, -0.2) is 10.5 Å². The minimum absolute atomic E-state index is 0.180. The Balaban J connectivity index is 1.99. The molecule has 0 bridgehead atoms. The zero-order valence-corrected chi connectivity index (χ0v) is 13.7. The van der Waals surface area contributed by atoms with E-state index in [-0.39, 0.29) is 5.91 Å². The predicted octanol–water partition coefficient (Wildman–Crippen LogP) is 5.05. The lowest BCUT2D eigenvalue weighted by Gasteiger charge is -2.10. The molecule has 0 radical (unpaired) electrons. The number of benzene rings is 2. The molecule has 3 nitrogen and oxygen atoms in total. The average Bonchev–Trinajstić information content (AvgIpc) is 2.81. The van der Waals surface area contributed by atoms with Crippen LogP contribution in [0.15, 0.2) is 42.5 Å². The third-order valence-corrected chi connectivity index (χ3v) is 4.40. The summed E-state index contributed by atoms with van der Waals surface area (Å²) in [7, 11) is 1.85. The molecule has 0 aliphatic heterocycles. The summed E-state index contributed by atoms with van der Waals surface area (Å²) in [5, 5.41) is 5.15. The second-order valence-electron chi connectivity index (χ2n) is 5.16. The molecule has 0 spiro atoms.